The lowest BCUT2D eigenvalue weighted by Crippen LogP contribution is -2.36. The average molecular weight is 363 g/mol. The lowest BCUT2D eigenvalue weighted by molar-refractivity contribution is -0.128. The number of aryl methyl sites for hydroxylation is 2. The SMILES string of the molecule is Cn1ncc2c1CCc1sc(NC(=O)CN3C(=O)CSC3=O)nc1-2. The van der Waals surface area contributed by atoms with Crippen LogP contribution in [0.1, 0.15) is 10.6 Å². The zero-order valence-corrected chi connectivity index (χ0v) is 14.4. The topological polar surface area (TPSA) is 97.2 Å². The van der Waals surface area contributed by atoms with Crippen LogP contribution in [0.2, 0.25) is 0 Å². The molecule has 1 aliphatic heterocycles. The Morgan fingerprint density at radius 1 is 1.38 bits per heavy atom. The van der Waals surface area contributed by atoms with Gasteiger partial charge in [0.15, 0.2) is 5.13 Å². The van der Waals surface area contributed by atoms with Crippen LogP contribution in [0.25, 0.3) is 11.3 Å². The van der Waals surface area contributed by atoms with Crippen molar-refractivity contribution in [3.05, 3.63) is 16.8 Å². The Kier molecular flexibility index (Phi) is 3.65. The Bertz CT molecular complexity index is 856. The maximum absolute atomic E-state index is 12.1. The van der Waals surface area contributed by atoms with Crippen LogP contribution in [0.5, 0.6) is 0 Å². The first kappa shape index (κ1) is 15.3. The van der Waals surface area contributed by atoms with E-state index in [1.807, 2.05) is 11.7 Å². The van der Waals surface area contributed by atoms with Crippen LogP contribution < -0.4 is 5.32 Å². The summed E-state index contributed by atoms with van der Waals surface area (Å²) in [7, 11) is 1.90. The molecule has 0 spiro atoms. The number of rotatable bonds is 3. The first-order valence-electron chi connectivity index (χ1n) is 7.31. The van der Waals surface area contributed by atoms with E-state index in [0.717, 1.165) is 51.3 Å². The summed E-state index contributed by atoms with van der Waals surface area (Å²) in [5.41, 5.74) is 2.99. The van der Waals surface area contributed by atoms with Crippen LogP contribution in [0.15, 0.2) is 6.20 Å². The van der Waals surface area contributed by atoms with Crippen LogP contribution in [0.3, 0.4) is 0 Å². The summed E-state index contributed by atoms with van der Waals surface area (Å²) < 4.78 is 1.85. The first-order chi connectivity index (χ1) is 11.5. The standard InChI is InChI=1S/C14H13N5O3S2/c1-18-8-2-3-9-12(7(8)4-15-18)17-13(24-9)16-10(20)5-19-11(21)6-23-14(19)22/h4H,2-3,5-6H2,1H3,(H,16,17,20). The van der Waals surface area contributed by atoms with Crippen molar-refractivity contribution in [2.45, 2.75) is 12.8 Å². The Labute approximate surface area is 145 Å². The van der Waals surface area contributed by atoms with Crippen molar-refractivity contribution in [3.8, 4) is 11.3 Å². The normalized spacial score (nSPS) is 16.3. The van der Waals surface area contributed by atoms with E-state index >= 15 is 0 Å². The molecule has 0 atom stereocenters. The molecule has 8 nitrogen and oxygen atoms in total. The second kappa shape index (κ2) is 5.71. The fraction of sp³-hybridized carbons (Fsp3) is 0.357. The highest BCUT2D eigenvalue weighted by Gasteiger charge is 2.32. The van der Waals surface area contributed by atoms with Crippen LogP contribution in [-0.4, -0.2) is 49.0 Å². The van der Waals surface area contributed by atoms with Crippen molar-refractivity contribution in [1.29, 1.82) is 0 Å². The Morgan fingerprint density at radius 3 is 2.96 bits per heavy atom. The van der Waals surface area contributed by atoms with Gasteiger partial charge in [0.25, 0.3) is 5.24 Å². The molecule has 3 heterocycles. The van der Waals surface area contributed by atoms with E-state index < -0.39 is 5.91 Å². The number of fused-ring (bicyclic) bond motifs is 3. The largest absolute Gasteiger partial charge is 0.300 e. The molecule has 2 aliphatic rings. The van der Waals surface area contributed by atoms with Gasteiger partial charge in [-0.1, -0.05) is 11.8 Å². The summed E-state index contributed by atoms with van der Waals surface area (Å²) in [6.07, 6.45) is 3.54. The summed E-state index contributed by atoms with van der Waals surface area (Å²) >= 11 is 2.34. The molecule has 2 aromatic heterocycles. The van der Waals surface area contributed by atoms with Crippen molar-refractivity contribution in [3.63, 3.8) is 0 Å². The summed E-state index contributed by atoms with van der Waals surface area (Å²) in [5.74, 6) is -0.656. The summed E-state index contributed by atoms with van der Waals surface area (Å²) in [6, 6.07) is 0. The fourth-order valence-corrected chi connectivity index (χ4v) is 4.53. The second-order valence-electron chi connectivity index (χ2n) is 5.50. The molecule has 0 bridgehead atoms. The lowest BCUT2D eigenvalue weighted by atomic mass is 10.0. The smallest absolute Gasteiger partial charge is 0.289 e. The second-order valence-corrected chi connectivity index (χ2v) is 7.51. The lowest BCUT2D eigenvalue weighted by Gasteiger charge is -2.11. The number of carbonyl (C=O) groups excluding carboxylic acids is 3. The van der Waals surface area contributed by atoms with E-state index in [1.54, 1.807) is 6.20 Å². The summed E-state index contributed by atoms with van der Waals surface area (Å²) in [5, 5.41) is 7.05. The first-order valence-corrected chi connectivity index (χ1v) is 9.11. The van der Waals surface area contributed by atoms with Gasteiger partial charge in [-0.2, -0.15) is 5.10 Å². The van der Waals surface area contributed by atoms with Gasteiger partial charge in [-0.3, -0.25) is 24.0 Å². The van der Waals surface area contributed by atoms with E-state index in [0.29, 0.717) is 5.13 Å². The molecule has 124 valence electrons. The van der Waals surface area contributed by atoms with Crippen LogP contribution in [-0.2, 0) is 29.5 Å². The maximum Gasteiger partial charge on any atom is 0.289 e. The number of thiazole rings is 1. The molecule has 1 saturated heterocycles. The van der Waals surface area contributed by atoms with E-state index in [1.165, 1.54) is 11.3 Å². The molecular weight excluding hydrogens is 350 g/mol. The van der Waals surface area contributed by atoms with Gasteiger partial charge in [-0.05, 0) is 12.8 Å². The molecule has 1 fully saturated rings. The molecule has 1 N–H and O–H groups in total. The molecule has 10 heteroatoms. The minimum atomic E-state index is -0.420. The van der Waals surface area contributed by atoms with Crippen LogP contribution in [0, 0.1) is 0 Å². The average Bonchev–Trinajstić information content (AvgIpc) is 3.20. The number of hydrogen-bond donors (Lipinski definition) is 1. The number of thioether (sulfide) groups is 1. The van der Waals surface area contributed by atoms with Gasteiger partial charge in [-0.25, -0.2) is 4.98 Å². The molecular formula is C14H13N5O3S2. The number of amides is 3. The molecule has 1 aliphatic carbocycles. The minimum absolute atomic E-state index is 0.0987. The Balaban J connectivity index is 1.51. The van der Waals surface area contributed by atoms with Crippen molar-refractivity contribution in [2.75, 3.05) is 17.6 Å². The maximum atomic E-state index is 12.1. The molecule has 0 aromatic carbocycles. The quantitative estimate of drug-likeness (QED) is 0.882. The highest BCUT2D eigenvalue weighted by atomic mass is 32.2. The minimum Gasteiger partial charge on any atom is -0.300 e. The number of imide groups is 1. The third-order valence-electron chi connectivity index (χ3n) is 3.99. The van der Waals surface area contributed by atoms with Gasteiger partial charge in [0, 0.05) is 23.2 Å². The molecule has 0 unspecified atom stereocenters. The Hall–Kier alpha value is -2.20. The summed E-state index contributed by atoms with van der Waals surface area (Å²) in [4.78, 5) is 41.8. The van der Waals surface area contributed by atoms with Crippen LogP contribution in [0.4, 0.5) is 9.93 Å². The fourth-order valence-electron chi connectivity index (χ4n) is 2.81. The zero-order chi connectivity index (χ0) is 16.8. The van der Waals surface area contributed by atoms with Gasteiger partial charge >= 0.3 is 0 Å². The summed E-state index contributed by atoms with van der Waals surface area (Å²) in [6.45, 7) is -0.271. The van der Waals surface area contributed by atoms with E-state index in [2.05, 4.69) is 15.4 Å². The molecule has 4 rings (SSSR count). The number of carbonyl (C=O) groups is 3. The van der Waals surface area contributed by atoms with Crippen LogP contribution >= 0.6 is 23.1 Å². The van der Waals surface area contributed by atoms with E-state index in [9.17, 15) is 14.4 Å². The Morgan fingerprint density at radius 2 is 2.21 bits per heavy atom. The predicted octanol–water partition coefficient (Wildman–Crippen LogP) is 1.28. The monoisotopic (exact) mass is 363 g/mol. The number of hydrogen-bond acceptors (Lipinski definition) is 7. The van der Waals surface area contributed by atoms with E-state index in [-0.39, 0.29) is 23.4 Å². The number of aromatic nitrogens is 3. The number of nitrogens with zero attached hydrogens (tertiary/aromatic N) is 4. The molecule has 24 heavy (non-hydrogen) atoms. The molecule has 0 radical (unpaired) electrons. The molecule has 2 aromatic rings. The van der Waals surface area contributed by atoms with Crippen molar-refractivity contribution < 1.29 is 14.4 Å². The van der Waals surface area contributed by atoms with E-state index in [4.69, 9.17) is 0 Å². The van der Waals surface area contributed by atoms with Gasteiger partial charge < -0.3 is 5.32 Å². The number of nitrogens with one attached hydrogen (secondary N) is 1. The third kappa shape index (κ3) is 2.51. The molecule has 0 saturated carbocycles. The van der Waals surface area contributed by atoms with Crippen molar-refractivity contribution >= 4 is 45.3 Å². The highest BCUT2D eigenvalue weighted by molar-refractivity contribution is 8.14. The third-order valence-corrected chi connectivity index (χ3v) is 5.88. The zero-order valence-electron chi connectivity index (χ0n) is 12.7. The highest BCUT2D eigenvalue weighted by Crippen LogP contribution is 2.37. The molecule has 3 amide bonds. The predicted molar refractivity (Wildman–Crippen MR) is 89.9 cm³/mol. The van der Waals surface area contributed by atoms with Crippen molar-refractivity contribution in [1.82, 2.24) is 19.7 Å². The van der Waals surface area contributed by atoms with Crippen molar-refractivity contribution in [2.24, 2.45) is 7.05 Å². The van der Waals surface area contributed by atoms with Gasteiger partial charge in [0.05, 0.1) is 17.6 Å². The number of anilines is 1. The van der Waals surface area contributed by atoms with Gasteiger partial charge in [0.1, 0.15) is 6.54 Å². The van der Waals surface area contributed by atoms with Gasteiger partial charge in [0.2, 0.25) is 11.8 Å². The van der Waals surface area contributed by atoms with Gasteiger partial charge in [-0.15, -0.1) is 11.3 Å².